The van der Waals surface area contributed by atoms with Gasteiger partial charge >= 0.3 is 10.5 Å². The van der Waals surface area contributed by atoms with E-state index in [4.69, 9.17) is 10.2 Å². The van der Waals surface area contributed by atoms with Crippen LogP contribution in [0, 0.1) is 0 Å². The summed E-state index contributed by atoms with van der Waals surface area (Å²) in [6, 6.07) is 7.26. The summed E-state index contributed by atoms with van der Waals surface area (Å²) in [6.45, 7) is 0. The highest BCUT2D eigenvalue weighted by atomic mass is 28.2. The van der Waals surface area contributed by atoms with Crippen molar-refractivity contribution in [3.63, 3.8) is 0 Å². The van der Waals surface area contributed by atoms with Gasteiger partial charge in [0.05, 0.1) is 5.69 Å². The molecule has 0 spiro atoms. The Balaban J connectivity index is 3.01. The molecule has 1 aromatic carbocycles. The molecule has 0 bridgehead atoms. The van der Waals surface area contributed by atoms with Crippen LogP contribution in [0.5, 0.6) is 5.75 Å². The van der Waals surface area contributed by atoms with Crippen LogP contribution in [0.25, 0.3) is 0 Å². The molecule has 2 N–H and O–H groups in total. The molecule has 3 heteroatoms. The first-order valence-corrected chi connectivity index (χ1v) is 2.93. The molecule has 0 saturated heterocycles. The van der Waals surface area contributed by atoms with E-state index in [-0.39, 0.29) is 0 Å². The lowest BCUT2D eigenvalue weighted by molar-refractivity contribution is 0.619. The van der Waals surface area contributed by atoms with Gasteiger partial charge in [-0.3, -0.25) is 0 Å². The Hall–Kier alpha value is -0.963. The number of hydrogen-bond donors (Lipinski definition) is 1. The summed E-state index contributed by atoms with van der Waals surface area (Å²) in [7, 11) is 2.87. The van der Waals surface area contributed by atoms with E-state index < -0.39 is 0 Å². The fourth-order valence-corrected chi connectivity index (χ4v) is 0.759. The summed E-state index contributed by atoms with van der Waals surface area (Å²) >= 11 is 0. The fraction of sp³-hybridized carbons (Fsp3) is 0. The molecule has 0 unspecified atom stereocenters. The summed E-state index contributed by atoms with van der Waals surface area (Å²) in [4.78, 5) is 0. The summed E-state index contributed by atoms with van der Waals surface area (Å²) in [5.41, 5.74) is 6.11. The molecule has 0 heterocycles. The molecule has 0 fully saturated rings. The molecule has 1 rings (SSSR count). The highest BCUT2D eigenvalue weighted by Crippen LogP contribution is 2.17. The van der Waals surface area contributed by atoms with Crippen LogP contribution in [0.4, 0.5) is 5.69 Å². The smallest absolute Gasteiger partial charge is 0.341 e. The molecule has 0 amide bonds. The van der Waals surface area contributed by atoms with Crippen LogP contribution in [-0.2, 0) is 0 Å². The molecule has 3 radical (unpaired) electrons. The number of nitrogen functional groups attached to an aromatic ring is 1. The second-order valence-electron chi connectivity index (χ2n) is 1.64. The number of nitrogens with two attached hydrogens (primary N) is 1. The molecule has 0 aliphatic carbocycles. The van der Waals surface area contributed by atoms with Gasteiger partial charge < -0.3 is 10.2 Å². The fourth-order valence-electron chi connectivity index (χ4n) is 0.573. The molecule has 9 heavy (non-hydrogen) atoms. The third-order valence-electron chi connectivity index (χ3n) is 1.03. The largest absolute Gasteiger partial charge is 0.539 e. The Morgan fingerprint density at radius 1 is 1.33 bits per heavy atom. The van der Waals surface area contributed by atoms with E-state index in [9.17, 15) is 0 Å². The van der Waals surface area contributed by atoms with Gasteiger partial charge in [-0.15, -0.1) is 0 Å². The van der Waals surface area contributed by atoms with Crippen molar-refractivity contribution in [3.8, 4) is 5.75 Å². The number of benzene rings is 1. The first-order chi connectivity index (χ1) is 4.34. The van der Waals surface area contributed by atoms with Crippen LogP contribution in [0.1, 0.15) is 0 Å². The summed E-state index contributed by atoms with van der Waals surface area (Å²) in [5.74, 6) is 0.647. The van der Waals surface area contributed by atoms with Crippen molar-refractivity contribution in [1.29, 1.82) is 0 Å². The lowest BCUT2D eigenvalue weighted by Gasteiger charge is -2.00. The molecule has 0 atom stereocenters. The Morgan fingerprint density at radius 3 is 2.44 bits per heavy atom. The van der Waals surface area contributed by atoms with Crippen molar-refractivity contribution in [1.82, 2.24) is 0 Å². The first-order valence-electron chi connectivity index (χ1n) is 2.52. The first kappa shape index (κ1) is 6.16. The van der Waals surface area contributed by atoms with Gasteiger partial charge in [0.25, 0.3) is 0 Å². The molecule has 0 aliphatic rings. The van der Waals surface area contributed by atoms with Gasteiger partial charge in [0.1, 0.15) is 5.75 Å². The second-order valence-corrected chi connectivity index (χ2v) is 1.84. The predicted octanol–water partition coefficient (Wildman–Crippen LogP) is 0.731. The van der Waals surface area contributed by atoms with E-state index >= 15 is 0 Å². The van der Waals surface area contributed by atoms with Crippen molar-refractivity contribution in [2.45, 2.75) is 0 Å². The third kappa shape index (κ3) is 1.23. The van der Waals surface area contributed by atoms with Crippen molar-refractivity contribution in [3.05, 3.63) is 24.3 Å². The minimum absolute atomic E-state index is 0.632. The normalized spacial score (nSPS) is 9.00. The van der Waals surface area contributed by atoms with Crippen LogP contribution >= 0.6 is 0 Å². The standard InChI is InChI=1S/C6H6NOSi/c7-5-3-1-2-4-6(5)8-9/h1-4H,7H2. The summed E-state index contributed by atoms with van der Waals surface area (Å²) in [5, 5.41) is 0. The monoisotopic (exact) mass is 136 g/mol. The summed E-state index contributed by atoms with van der Waals surface area (Å²) in [6.07, 6.45) is 0. The van der Waals surface area contributed by atoms with Gasteiger partial charge in [-0.2, -0.15) is 0 Å². The molecule has 45 valence electrons. The van der Waals surface area contributed by atoms with E-state index in [1.54, 1.807) is 12.1 Å². The van der Waals surface area contributed by atoms with Gasteiger partial charge in [0.15, 0.2) is 0 Å². The van der Waals surface area contributed by atoms with E-state index in [0.717, 1.165) is 0 Å². The van der Waals surface area contributed by atoms with Crippen LogP contribution < -0.4 is 10.2 Å². The molecule has 0 aliphatic heterocycles. The molecular weight excluding hydrogens is 130 g/mol. The molecule has 2 nitrogen and oxygen atoms in total. The predicted molar refractivity (Wildman–Crippen MR) is 37.2 cm³/mol. The Kier molecular flexibility index (Phi) is 1.74. The van der Waals surface area contributed by atoms with Crippen LogP contribution in [0.3, 0.4) is 0 Å². The van der Waals surface area contributed by atoms with Crippen LogP contribution in [0.15, 0.2) is 24.3 Å². The highest BCUT2D eigenvalue weighted by molar-refractivity contribution is 6.00. The van der Waals surface area contributed by atoms with E-state index in [1.165, 1.54) is 0 Å². The van der Waals surface area contributed by atoms with E-state index in [1.807, 2.05) is 12.1 Å². The van der Waals surface area contributed by atoms with Crippen molar-refractivity contribution in [2.75, 3.05) is 5.73 Å². The Morgan fingerprint density at radius 2 is 2.00 bits per heavy atom. The maximum absolute atomic E-state index is 5.47. The zero-order valence-electron chi connectivity index (χ0n) is 4.79. The van der Waals surface area contributed by atoms with Crippen molar-refractivity contribution < 1.29 is 4.43 Å². The van der Waals surface area contributed by atoms with Gasteiger partial charge in [0.2, 0.25) is 0 Å². The van der Waals surface area contributed by atoms with E-state index in [2.05, 4.69) is 10.5 Å². The lowest BCUT2D eigenvalue weighted by Crippen LogP contribution is -1.91. The van der Waals surface area contributed by atoms with Crippen LogP contribution in [0.2, 0.25) is 0 Å². The quantitative estimate of drug-likeness (QED) is 0.456. The van der Waals surface area contributed by atoms with Crippen LogP contribution in [-0.4, -0.2) is 10.5 Å². The molecule has 1 aromatic rings. The average Bonchev–Trinajstić information content (AvgIpc) is 1.89. The number of rotatable bonds is 1. The third-order valence-corrected chi connectivity index (χ3v) is 1.25. The highest BCUT2D eigenvalue weighted by Gasteiger charge is 1.91. The average molecular weight is 136 g/mol. The van der Waals surface area contributed by atoms with Gasteiger partial charge in [0, 0.05) is 0 Å². The van der Waals surface area contributed by atoms with Crippen molar-refractivity contribution >= 4 is 16.2 Å². The summed E-state index contributed by atoms with van der Waals surface area (Å²) < 4.78 is 4.73. The minimum atomic E-state index is 0.632. The Labute approximate surface area is 57.2 Å². The number of para-hydroxylation sites is 2. The van der Waals surface area contributed by atoms with Crippen molar-refractivity contribution in [2.24, 2.45) is 0 Å². The number of hydrogen-bond acceptors (Lipinski definition) is 2. The minimum Gasteiger partial charge on any atom is -0.539 e. The maximum Gasteiger partial charge on any atom is 0.341 e. The lowest BCUT2D eigenvalue weighted by atomic mass is 10.3. The van der Waals surface area contributed by atoms with Gasteiger partial charge in [-0.25, -0.2) is 0 Å². The zero-order chi connectivity index (χ0) is 6.69. The molecule has 0 saturated carbocycles. The SMILES string of the molecule is Nc1ccccc1O[Si]. The number of anilines is 1. The molecular formula is C6H6NOSi. The van der Waals surface area contributed by atoms with E-state index in [0.29, 0.717) is 11.4 Å². The van der Waals surface area contributed by atoms with Gasteiger partial charge in [-0.1, -0.05) is 12.1 Å². The van der Waals surface area contributed by atoms with Gasteiger partial charge in [-0.05, 0) is 12.1 Å². The zero-order valence-corrected chi connectivity index (χ0v) is 5.79. The molecule has 0 aromatic heterocycles. The Bertz CT molecular complexity index is 202. The topological polar surface area (TPSA) is 35.2 Å². The maximum atomic E-state index is 5.47. The second kappa shape index (κ2) is 2.55.